The fourth-order valence-corrected chi connectivity index (χ4v) is 2.93. The number of aryl methyl sites for hydroxylation is 1. The zero-order chi connectivity index (χ0) is 12.4. The van der Waals surface area contributed by atoms with Crippen molar-refractivity contribution in [1.82, 2.24) is 5.32 Å². The molecule has 1 atom stereocenters. The van der Waals surface area contributed by atoms with E-state index < -0.39 is 0 Å². The van der Waals surface area contributed by atoms with Crippen LogP contribution >= 0.6 is 0 Å². The summed E-state index contributed by atoms with van der Waals surface area (Å²) in [6, 6.07) is 7.18. The Hall–Kier alpha value is -1.02. The Balaban J connectivity index is 1.65. The van der Waals surface area contributed by atoms with Crippen LogP contribution in [0.2, 0.25) is 0 Å². The molecule has 1 fully saturated rings. The van der Waals surface area contributed by atoms with Crippen LogP contribution in [-0.2, 0) is 6.42 Å². The number of fused-ring (bicyclic) bond motifs is 1. The minimum absolute atomic E-state index is 0.536. The minimum Gasteiger partial charge on any atom is -0.494 e. The number of nitrogens with one attached hydrogen (secondary N) is 1. The summed E-state index contributed by atoms with van der Waals surface area (Å²) in [6.07, 6.45) is 7.80. The van der Waals surface area contributed by atoms with Crippen molar-refractivity contribution in [3.8, 4) is 5.75 Å². The molecule has 18 heavy (non-hydrogen) atoms. The second-order valence-electron chi connectivity index (χ2n) is 5.67. The van der Waals surface area contributed by atoms with E-state index in [9.17, 15) is 0 Å². The molecule has 1 aromatic carbocycles. The van der Waals surface area contributed by atoms with Gasteiger partial charge in [-0.3, -0.25) is 0 Å². The van der Waals surface area contributed by atoms with Crippen LogP contribution in [-0.4, -0.2) is 13.7 Å². The molecular formula is C16H23NO. The van der Waals surface area contributed by atoms with E-state index in [1.807, 2.05) is 0 Å². The fourth-order valence-electron chi connectivity index (χ4n) is 2.93. The molecular weight excluding hydrogens is 222 g/mol. The van der Waals surface area contributed by atoms with Gasteiger partial charge in [0.25, 0.3) is 0 Å². The zero-order valence-corrected chi connectivity index (χ0v) is 11.2. The Morgan fingerprint density at radius 2 is 2.17 bits per heavy atom. The molecule has 1 N–H and O–H groups in total. The third-order valence-electron chi connectivity index (χ3n) is 4.27. The molecule has 0 aliphatic heterocycles. The first-order valence-electron chi connectivity index (χ1n) is 7.29. The molecule has 1 aromatic rings. The highest BCUT2D eigenvalue weighted by atomic mass is 16.5. The normalized spacial score (nSPS) is 22.6. The van der Waals surface area contributed by atoms with Gasteiger partial charge < -0.3 is 10.1 Å². The molecule has 1 saturated carbocycles. The Bertz CT molecular complexity index is 412. The molecule has 1 unspecified atom stereocenters. The Morgan fingerprint density at radius 1 is 1.28 bits per heavy atom. The van der Waals surface area contributed by atoms with Crippen LogP contribution in [0, 0.1) is 5.92 Å². The predicted octanol–water partition coefficient (Wildman–Crippen LogP) is 3.46. The van der Waals surface area contributed by atoms with Crippen molar-refractivity contribution in [3.05, 3.63) is 29.3 Å². The second kappa shape index (κ2) is 5.31. The van der Waals surface area contributed by atoms with Gasteiger partial charge >= 0.3 is 0 Å². The average molecular weight is 245 g/mol. The molecule has 0 amide bonds. The average Bonchev–Trinajstić information content (AvgIpc) is 3.22. The van der Waals surface area contributed by atoms with Gasteiger partial charge in [-0.05, 0) is 61.9 Å². The van der Waals surface area contributed by atoms with Crippen molar-refractivity contribution in [3.63, 3.8) is 0 Å². The van der Waals surface area contributed by atoms with Crippen LogP contribution in [0.3, 0.4) is 0 Å². The lowest BCUT2D eigenvalue weighted by Gasteiger charge is -2.25. The molecule has 0 bridgehead atoms. The topological polar surface area (TPSA) is 21.3 Å². The van der Waals surface area contributed by atoms with Crippen molar-refractivity contribution < 1.29 is 4.74 Å². The van der Waals surface area contributed by atoms with Crippen molar-refractivity contribution >= 4 is 0 Å². The lowest BCUT2D eigenvalue weighted by Crippen LogP contribution is -2.21. The summed E-state index contributed by atoms with van der Waals surface area (Å²) in [6.45, 7) is 0.888. The van der Waals surface area contributed by atoms with Crippen molar-refractivity contribution in [2.45, 2.75) is 44.6 Å². The monoisotopic (exact) mass is 245 g/mol. The van der Waals surface area contributed by atoms with Gasteiger partial charge in [-0.2, -0.15) is 0 Å². The third-order valence-corrected chi connectivity index (χ3v) is 4.27. The highest BCUT2D eigenvalue weighted by Gasteiger charge is 2.21. The van der Waals surface area contributed by atoms with Gasteiger partial charge in [0.05, 0.1) is 6.61 Å². The van der Waals surface area contributed by atoms with Gasteiger partial charge in [0.1, 0.15) is 5.75 Å². The SMILES string of the molecule is CNC1CCCc2cc(OCCC3CC3)ccc21. The number of hydrogen-bond acceptors (Lipinski definition) is 2. The minimum atomic E-state index is 0.536. The van der Waals surface area contributed by atoms with E-state index in [1.165, 1.54) is 49.7 Å². The highest BCUT2D eigenvalue weighted by Crippen LogP contribution is 2.34. The molecule has 2 aliphatic rings. The maximum atomic E-state index is 5.87. The Morgan fingerprint density at radius 3 is 2.94 bits per heavy atom. The second-order valence-corrected chi connectivity index (χ2v) is 5.67. The van der Waals surface area contributed by atoms with Crippen LogP contribution in [0.5, 0.6) is 5.75 Å². The van der Waals surface area contributed by atoms with E-state index in [-0.39, 0.29) is 0 Å². The van der Waals surface area contributed by atoms with E-state index >= 15 is 0 Å². The number of hydrogen-bond donors (Lipinski definition) is 1. The Labute approximate surface area is 110 Å². The standard InChI is InChI=1S/C16H23NO/c1-17-16-4-2-3-13-11-14(7-8-15(13)16)18-10-9-12-5-6-12/h7-8,11-12,16-17H,2-6,9-10H2,1H3. The molecule has 0 spiro atoms. The lowest BCUT2D eigenvalue weighted by atomic mass is 9.87. The third kappa shape index (κ3) is 2.69. The summed E-state index contributed by atoms with van der Waals surface area (Å²) in [5.74, 6) is 2.02. The fraction of sp³-hybridized carbons (Fsp3) is 0.625. The van der Waals surface area contributed by atoms with Crippen LogP contribution < -0.4 is 10.1 Å². The summed E-state index contributed by atoms with van der Waals surface area (Å²) in [7, 11) is 2.06. The van der Waals surface area contributed by atoms with Crippen LogP contribution in [0.1, 0.15) is 49.3 Å². The lowest BCUT2D eigenvalue weighted by molar-refractivity contribution is 0.301. The molecule has 98 valence electrons. The van der Waals surface area contributed by atoms with Gasteiger partial charge in [0.15, 0.2) is 0 Å². The molecule has 0 heterocycles. The van der Waals surface area contributed by atoms with E-state index in [4.69, 9.17) is 4.74 Å². The first-order chi connectivity index (χ1) is 8.86. The largest absolute Gasteiger partial charge is 0.494 e. The first-order valence-corrected chi connectivity index (χ1v) is 7.29. The zero-order valence-electron chi connectivity index (χ0n) is 11.2. The summed E-state index contributed by atoms with van der Waals surface area (Å²) in [5.41, 5.74) is 2.95. The first kappa shape index (κ1) is 12.0. The highest BCUT2D eigenvalue weighted by molar-refractivity contribution is 5.39. The maximum Gasteiger partial charge on any atom is 0.119 e. The maximum absolute atomic E-state index is 5.87. The summed E-state index contributed by atoms with van der Waals surface area (Å²) in [5, 5.41) is 3.41. The van der Waals surface area contributed by atoms with E-state index in [0.29, 0.717) is 6.04 Å². The molecule has 0 aromatic heterocycles. The van der Waals surface area contributed by atoms with Gasteiger partial charge in [-0.25, -0.2) is 0 Å². The summed E-state index contributed by atoms with van der Waals surface area (Å²) >= 11 is 0. The van der Waals surface area contributed by atoms with Crippen LogP contribution in [0.4, 0.5) is 0 Å². The van der Waals surface area contributed by atoms with E-state index in [0.717, 1.165) is 18.3 Å². The van der Waals surface area contributed by atoms with Crippen molar-refractivity contribution in [2.24, 2.45) is 5.92 Å². The van der Waals surface area contributed by atoms with Crippen molar-refractivity contribution in [2.75, 3.05) is 13.7 Å². The van der Waals surface area contributed by atoms with Crippen LogP contribution in [0.15, 0.2) is 18.2 Å². The predicted molar refractivity (Wildman–Crippen MR) is 74.0 cm³/mol. The number of benzene rings is 1. The van der Waals surface area contributed by atoms with Crippen molar-refractivity contribution in [1.29, 1.82) is 0 Å². The van der Waals surface area contributed by atoms with Gasteiger partial charge in [-0.15, -0.1) is 0 Å². The molecule has 0 radical (unpaired) electrons. The smallest absolute Gasteiger partial charge is 0.119 e. The number of rotatable bonds is 5. The van der Waals surface area contributed by atoms with E-state index in [1.54, 1.807) is 0 Å². The van der Waals surface area contributed by atoms with E-state index in [2.05, 4.69) is 30.6 Å². The molecule has 3 rings (SSSR count). The Kier molecular flexibility index (Phi) is 3.55. The van der Waals surface area contributed by atoms with Gasteiger partial charge in [0, 0.05) is 6.04 Å². The summed E-state index contributed by atoms with van der Waals surface area (Å²) < 4.78 is 5.87. The molecule has 0 saturated heterocycles. The van der Waals surface area contributed by atoms with Gasteiger partial charge in [-0.1, -0.05) is 18.9 Å². The summed E-state index contributed by atoms with van der Waals surface area (Å²) in [4.78, 5) is 0. The number of ether oxygens (including phenoxy) is 1. The molecule has 2 nitrogen and oxygen atoms in total. The molecule has 2 aliphatic carbocycles. The quantitative estimate of drug-likeness (QED) is 0.857. The molecule has 2 heteroatoms. The van der Waals surface area contributed by atoms with Gasteiger partial charge in [0.2, 0.25) is 0 Å². The van der Waals surface area contributed by atoms with Crippen LogP contribution in [0.25, 0.3) is 0 Å².